The zero-order valence-corrected chi connectivity index (χ0v) is 42.9. The number of nitrogens with zero attached hydrogens (tertiary/aromatic N) is 3. The Morgan fingerprint density at radius 3 is 1.67 bits per heavy atom. The van der Waals surface area contributed by atoms with Crippen LogP contribution in [0.2, 0.25) is 0 Å². The van der Waals surface area contributed by atoms with E-state index in [0.717, 1.165) is 83.5 Å². The van der Waals surface area contributed by atoms with Crippen molar-refractivity contribution >= 4 is 17.9 Å². The number of hydrogen-bond acceptors (Lipinski definition) is 10. The Morgan fingerprint density at radius 1 is 0.625 bits per heavy atom. The molecule has 2 atom stereocenters. The summed E-state index contributed by atoms with van der Waals surface area (Å²) in [6, 6.07) is 0. The van der Waals surface area contributed by atoms with Gasteiger partial charge in [-0.3, -0.25) is 14.4 Å². The topological polar surface area (TPSA) is 115 Å². The first kappa shape index (κ1) is 59.7. The van der Waals surface area contributed by atoms with E-state index in [1.54, 1.807) is 0 Å². The van der Waals surface area contributed by atoms with Gasteiger partial charge in [-0.25, -0.2) is 9.74 Å². The highest BCUT2D eigenvalue weighted by Gasteiger charge is 2.45. The number of likely N-dealkylation sites (tertiary alicyclic amines) is 1. The van der Waals surface area contributed by atoms with Crippen LogP contribution in [-0.4, -0.2) is 97.9 Å². The Bertz CT molecular complexity index is 1150. The summed E-state index contributed by atoms with van der Waals surface area (Å²) in [6.45, 7) is 13.2. The molecular formula is C53H102N3O8+. The molecule has 0 amide bonds. The number of carbonyl (C=O) groups is 3. The predicted molar refractivity (Wildman–Crippen MR) is 262 cm³/mol. The lowest BCUT2D eigenvalue weighted by molar-refractivity contribution is -0.837. The van der Waals surface area contributed by atoms with E-state index in [1.165, 1.54) is 109 Å². The van der Waals surface area contributed by atoms with Gasteiger partial charge in [-0.15, -0.1) is 0 Å². The molecule has 0 bridgehead atoms. The number of rotatable bonds is 45. The van der Waals surface area contributed by atoms with Gasteiger partial charge >= 0.3 is 24.1 Å². The van der Waals surface area contributed by atoms with Crippen molar-refractivity contribution in [2.24, 2.45) is 5.41 Å². The molecule has 0 aromatic rings. The standard InChI is InChI=1S/C53H102N3O8/c1-8-11-14-17-20-21-22-27-34-43-61-52(59)53(4,5)40-32-33-41-55-46-48(64-51(58)39-42-54(6)7)45-49(55)56(60)62-44-35-28-23-26-31-38-50(57)63-47(36-29-24-18-15-12-9-2)37-30-25-19-16-13-10-3/h47-49H,8-46H2,1-7H3/q+1/t48-,49+/m0/s1. The molecule has 0 aliphatic carbocycles. The molecule has 0 spiro atoms. The summed E-state index contributed by atoms with van der Waals surface area (Å²) in [4.78, 5) is 62.2. The van der Waals surface area contributed by atoms with Crippen molar-refractivity contribution < 1.29 is 38.4 Å². The van der Waals surface area contributed by atoms with E-state index in [4.69, 9.17) is 19.0 Å². The van der Waals surface area contributed by atoms with Crippen LogP contribution in [-0.2, 0) is 33.4 Å². The van der Waals surface area contributed by atoms with Crippen molar-refractivity contribution in [2.75, 3.05) is 46.9 Å². The molecule has 0 unspecified atom stereocenters. The molecule has 1 fully saturated rings. The largest absolute Gasteiger partial charge is 0.465 e. The van der Waals surface area contributed by atoms with E-state index in [1.807, 2.05) is 32.8 Å². The van der Waals surface area contributed by atoms with Crippen LogP contribution < -0.4 is 0 Å². The third-order valence-electron chi connectivity index (χ3n) is 13.0. The van der Waals surface area contributed by atoms with E-state index in [2.05, 4.69) is 25.7 Å². The lowest BCUT2D eigenvalue weighted by Crippen LogP contribution is -2.39. The molecule has 1 saturated heterocycles. The van der Waals surface area contributed by atoms with Crippen molar-refractivity contribution in [1.82, 2.24) is 9.80 Å². The van der Waals surface area contributed by atoms with Gasteiger partial charge < -0.3 is 19.1 Å². The number of unbranched alkanes of at least 4 members (excludes halogenated alkanes) is 23. The fourth-order valence-corrected chi connectivity index (χ4v) is 8.66. The number of hydrogen-bond donors (Lipinski definition) is 0. The molecular weight excluding hydrogens is 807 g/mol. The first-order valence-corrected chi connectivity index (χ1v) is 27.0. The Balaban J connectivity index is 2.47. The Labute approximate surface area is 393 Å². The van der Waals surface area contributed by atoms with Gasteiger partial charge in [0.25, 0.3) is 0 Å². The summed E-state index contributed by atoms with van der Waals surface area (Å²) in [5.41, 5.74) is -0.575. The van der Waals surface area contributed by atoms with Crippen LogP contribution in [0.4, 0.5) is 0 Å². The Kier molecular flexibility index (Phi) is 37.2. The van der Waals surface area contributed by atoms with E-state index < -0.39 is 11.6 Å². The van der Waals surface area contributed by atoms with Crippen molar-refractivity contribution in [3.05, 3.63) is 4.91 Å². The van der Waals surface area contributed by atoms with Crippen molar-refractivity contribution in [1.29, 1.82) is 0 Å². The maximum absolute atomic E-state index is 13.4. The highest BCUT2D eigenvalue weighted by Crippen LogP contribution is 2.28. The zero-order valence-electron chi connectivity index (χ0n) is 42.9. The van der Waals surface area contributed by atoms with E-state index in [-0.39, 0.29) is 30.1 Å². The monoisotopic (exact) mass is 909 g/mol. The van der Waals surface area contributed by atoms with Crippen LogP contribution >= 0.6 is 0 Å². The van der Waals surface area contributed by atoms with Gasteiger partial charge in [-0.1, -0.05) is 156 Å². The fourth-order valence-electron chi connectivity index (χ4n) is 8.66. The van der Waals surface area contributed by atoms with Gasteiger partial charge in [0.05, 0.1) is 29.8 Å². The van der Waals surface area contributed by atoms with Crippen LogP contribution in [0.25, 0.3) is 0 Å². The summed E-state index contributed by atoms with van der Waals surface area (Å²) < 4.78 is 17.5. The molecule has 0 aromatic carbocycles. The SMILES string of the molecule is CCCCCCCCCCCOC(=O)C(C)(C)CCCCN1C[C@@H](OC(=O)CCN(C)C)C[C@H]1[N+](=O)OCCCCCCCC(=O)OC(CCCCCCCC)CCCCCCCC. The van der Waals surface area contributed by atoms with Crippen LogP contribution in [0.3, 0.4) is 0 Å². The number of esters is 3. The van der Waals surface area contributed by atoms with E-state index in [0.29, 0.717) is 63.5 Å². The molecule has 1 aliphatic rings. The summed E-state index contributed by atoms with van der Waals surface area (Å²) in [7, 11) is 3.85. The Morgan fingerprint density at radius 2 is 1.12 bits per heavy atom. The summed E-state index contributed by atoms with van der Waals surface area (Å²) in [6.07, 6.45) is 35.0. The number of ether oxygens (including phenoxy) is 3. The second kappa shape index (κ2) is 39.9. The average molecular weight is 909 g/mol. The zero-order chi connectivity index (χ0) is 47.1. The molecule has 1 heterocycles. The second-order valence-electron chi connectivity index (χ2n) is 20.0. The second-order valence-corrected chi connectivity index (χ2v) is 20.0. The lowest BCUT2D eigenvalue weighted by Gasteiger charge is -2.23. The minimum Gasteiger partial charge on any atom is -0.465 e. The van der Waals surface area contributed by atoms with Gasteiger partial charge in [0.1, 0.15) is 12.2 Å². The summed E-state index contributed by atoms with van der Waals surface area (Å²) >= 11 is 0. The first-order valence-electron chi connectivity index (χ1n) is 27.0. The molecule has 11 nitrogen and oxygen atoms in total. The third-order valence-corrected chi connectivity index (χ3v) is 13.0. The average Bonchev–Trinajstić information content (AvgIpc) is 3.67. The van der Waals surface area contributed by atoms with Gasteiger partial charge in [0.2, 0.25) is 4.92 Å². The molecule has 1 aliphatic heterocycles. The summed E-state index contributed by atoms with van der Waals surface area (Å²) in [5, 5.41) is 0. The normalized spacial score (nSPS) is 15.6. The van der Waals surface area contributed by atoms with Crippen LogP contribution in [0.15, 0.2) is 0 Å². The molecule has 11 heteroatoms. The lowest BCUT2D eigenvalue weighted by atomic mass is 9.87. The molecule has 376 valence electrons. The minimum absolute atomic E-state index is 0.0547. The van der Waals surface area contributed by atoms with Crippen molar-refractivity contribution in [3.8, 4) is 0 Å². The number of carbonyl (C=O) groups excluding carboxylic acids is 3. The van der Waals surface area contributed by atoms with E-state index in [9.17, 15) is 19.3 Å². The molecule has 0 N–H and O–H groups in total. The molecule has 1 rings (SSSR count). The highest BCUT2D eigenvalue weighted by molar-refractivity contribution is 5.75. The molecule has 0 saturated carbocycles. The predicted octanol–water partition coefficient (Wildman–Crippen LogP) is 13.6. The van der Waals surface area contributed by atoms with Crippen LogP contribution in [0, 0.1) is 10.3 Å². The molecule has 64 heavy (non-hydrogen) atoms. The van der Waals surface area contributed by atoms with Gasteiger partial charge in [-0.2, -0.15) is 0 Å². The maximum Gasteiger partial charge on any atom is 0.316 e. The van der Waals surface area contributed by atoms with Crippen molar-refractivity contribution in [2.45, 2.75) is 271 Å². The van der Waals surface area contributed by atoms with Gasteiger partial charge in [0, 0.05) is 26.1 Å². The quantitative estimate of drug-likeness (QED) is 0.0253. The Hall–Kier alpha value is -2.27. The van der Waals surface area contributed by atoms with Crippen LogP contribution in [0.1, 0.15) is 253 Å². The highest BCUT2D eigenvalue weighted by atomic mass is 16.8. The van der Waals surface area contributed by atoms with Crippen LogP contribution in [0.5, 0.6) is 0 Å². The summed E-state index contributed by atoms with van der Waals surface area (Å²) in [5.74, 6) is -0.450. The third kappa shape index (κ3) is 32.4. The smallest absolute Gasteiger partial charge is 0.316 e. The maximum atomic E-state index is 13.4. The molecule has 0 radical (unpaired) electrons. The minimum atomic E-state index is -0.575. The van der Waals surface area contributed by atoms with Crippen molar-refractivity contribution in [3.63, 3.8) is 0 Å². The molecule has 0 aromatic heterocycles. The van der Waals surface area contributed by atoms with Gasteiger partial charge in [-0.05, 0) is 92.2 Å². The van der Waals surface area contributed by atoms with E-state index >= 15 is 0 Å². The fraction of sp³-hybridized carbons (Fsp3) is 0.943. The first-order chi connectivity index (χ1) is 30.9. The van der Waals surface area contributed by atoms with Gasteiger partial charge in [0.15, 0.2) is 6.61 Å².